The SMILES string of the molecule is CN1Cc2ccc(NC(=O)c3cnc(N4CCCC4)nc3-c3ccncc3)cc2C1=O. The fourth-order valence-corrected chi connectivity index (χ4v) is 4.06. The molecule has 1 fully saturated rings. The molecule has 4 heterocycles. The van der Waals surface area contributed by atoms with Gasteiger partial charge in [0.1, 0.15) is 0 Å². The van der Waals surface area contributed by atoms with Crippen molar-refractivity contribution in [2.24, 2.45) is 0 Å². The Morgan fingerprint density at radius 1 is 1.10 bits per heavy atom. The van der Waals surface area contributed by atoms with Crippen LogP contribution in [-0.4, -0.2) is 51.8 Å². The molecule has 1 saturated heterocycles. The second-order valence-electron chi connectivity index (χ2n) is 7.85. The van der Waals surface area contributed by atoms with E-state index in [0.29, 0.717) is 35.0 Å². The van der Waals surface area contributed by atoms with Gasteiger partial charge in [-0.15, -0.1) is 0 Å². The molecule has 8 nitrogen and oxygen atoms in total. The third-order valence-electron chi connectivity index (χ3n) is 5.72. The second-order valence-corrected chi connectivity index (χ2v) is 7.85. The molecule has 1 aromatic carbocycles. The van der Waals surface area contributed by atoms with Crippen LogP contribution >= 0.6 is 0 Å². The van der Waals surface area contributed by atoms with Gasteiger partial charge in [-0.05, 0) is 42.7 Å². The van der Waals surface area contributed by atoms with Crippen LogP contribution < -0.4 is 10.2 Å². The highest BCUT2D eigenvalue weighted by atomic mass is 16.2. The summed E-state index contributed by atoms with van der Waals surface area (Å²) in [6.45, 7) is 2.41. The molecule has 2 aliphatic rings. The number of amides is 2. The van der Waals surface area contributed by atoms with Crippen molar-refractivity contribution in [3.8, 4) is 11.3 Å². The highest BCUT2D eigenvalue weighted by Crippen LogP contribution is 2.27. The molecule has 1 N–H and O–H groups in total. The number of benzene rings is 1. The summed E-state index contributed by atoms with van der Waals surface area (Å²) in [5.74, 6) is 0.271. The lowest BCUT2D eigenvalue weighted by atomic mass is 10.1. The number of nitrogens with one attached hydrogen (secondary N) is 1. The summed E-state index contributed by atoms with van der Waals surface area (Å²) >= 11 is 0. The summed E-state index contributed by atoms with van der Waals surface area (Å²) < 4.78 is 0. The first-order valence-electron chi connectivity index (χ1n) is 10.3. The van der Waals surface area contributed by atoms with E-state index in [1.54, 1.807) is 36.6 Å². The predicted octanol–water partition coefficient (Wildman–Crippen LogP) is 2.98. The first-order valence-corrected chi connectivity index (χ1v) is 10.3. The number of carbonyl (C=O) groups excluding carboxylic acids is 2. The van der Waals surface area contributed by atoms with Gasteiger partial charge in [0.05, 0.1) is 11.3 Å². The number of pyridine rings is 1. The van der Waals surface area contributed by atoms with Crippen molar-refractivity contribution in [1.29, 1.82) is 0 Å². The Morgan fingerprint density at radius 2 is 1.87 bits per heavy atom. The summed E-state index contributed by atoms with van der Waals surface area (Å²) in [6, 6.07) is 9.08. The molecule has 2 aliphatic heterocycles. The average Bonchev–Trinajstić information content (AvgIpc) is 3.43. The van der Waals surface area contributed by atoms with Crippen molar-refractivity contribution in [2.75, 3.05) is 30.4 Å². The van der Waals surface area contributed by atoms with Crippen molar-refractivity contribution in [3.63, 3.8) is 0 Å². The van der Waals surface area contributed by atoms with Crippen molar-refractivity contribution in [3.05, 3.63) is 65.6 Å². The lowest BCUT2D eigenvalue weighted by Gasteiger charge is -2.17. The molecular formula is C23H22N6O2. The Hall–Kier alpha value is -3.81. The van der Waals surface area contributed by atoms with E-state index in [0.717, 1.165) is 37.1 Å². The van der Waals surface area contributed by atoms with Crippen LogP contribution in [0.4, 0.5) is 11.6 Å². The van der Waals surface area contributed by atoms with Gasteiger partial charge in [-0.25, -0.2) is 9.97 Å². The van der Waals surface area contributed by atoms with Crippen molar-refractivity contribution in [1.82, 2.24) is 19.9 Å². The molecule has 3 aromatic rings. The summed E-state index contributed by atoms with van der Waals surface area (Å²) in [5, 5.41) is 2.90. The van der Waals surface area contributed by atoms with Crippen molar-refractivity contribution in [2.45, 2.75) is 19.4 Å². The fourth-order valence-electron chi connectivity index (χ4n) is 4.06. The van der Waals surface area contributed by atoms with Gasteiger partial charge in [0.15, 0.2) is 0 Å². The van der Waals surface area contributed by atoms with Crippen LogP contribution in [0.5, 0.6) is 0 Å². The number of fused-ring (bicyclic) bond motifs is 1. The first kappa shape index (κ1) is 19.2. The van der Waals surface area contributed by atoms with E-state index in [2.05, 4.69) is 20.2 Å². The van der Waals surface area contributed by atoms with Gasteiger partial charge in [-0.1, -0.05) is 6.07 Å². The number of hydrogen-bond donors (Lipinski definition) is 1. The number of anilines is 2. The molecule has 0 bridgehead atoms. The van der Waals surface area contributed by atoms with Crippen molar-refractivity contribution >= 4 is 23.5 Å². The number of hydrogen-bond acceptors (Lipinski definition) is 6. The Labute approximate surface area is 180 Å². The Balaban J connectivity index is 1.48. The molecule has 2 amide bonds. The van der Waals surface area contributed by atoms with Gasteiger partial charge in [-0.2, -0.15) is 0 Å². The molecule has 8 heteroatoms. The number of carbonyl (C=O) groups is 2. The quantitative estimate of drug-likeness (QED) is 0.706. The summed E-state index contributed by atoms with van der Waals surface area (Å²) in [4.78, 5) is 42.5. The number of aromatic nitrogens is 3. The third kappa shape index (κ3) is 3.61. The molecule has 0 saturated carbocycles. The van der Waals surface area contributed by atoms with Crippen LogP contribution in [-0.2, 0) is 6.54 Å². The maximum atomic E-state index is 13.2. The van der Waals surface area contributed by atoms with Gasteiger partial charge in [0, 0.05) is 62.1 Å². The topological polar surface area (TPSA) is 91.3 Å². The second kappa shape index (κ2) is 7.79. The Kier molecular flexibility index (Phi) is 4.82. The highest BCUT2D eigenvalue weighted by Gasteiger charge is 2.25. The van der Waals surface area contributed by atoms with Crippen LogP contribution in [0.1, 0.15) is 39.1 Å². The Bertz CT molecular complexity index is 1160. The molecule has 2 aromatic heterocycles. The van der Waals surface area contributed by atoms with E-state index < -0.39 is 0 Å². The van der Waals surface area contributed by atoms with Gasteiger partial charge < -0.3 is 15.1 Å². The van der Waals surface area contributed by atoms with Crippen LogP contribution in [0.3, 0.4) is 0 Å². The maximum Gasteiger partial charge on any atom is 0.259 e. The van der Waals surface area contributed by atoms with Crippen LogP contribution in [0.15, 0.2) is 48.9 Å². The zero-order valence-electron chi connectivity index (χ0n) is 17.2. The Morgan fingerprint density at radius 3 is 2.65 bits per heavy atom. The van der Waals surface area contributed by atoms with E-state index >= 15 is 0 Å². The normalized spacial score (nSPS) is 15.3. The first-order chi connectivity index (χ1) is 15.1. The van der Waals surface area contributed by atoms with E-state index in [1.807, 2.05) is 24.3 Å². The van der Waals surface area contributed by atoms with Crippen LogP contribution in [0.2, 0.25) is 0 Å². The van der Waals surface area contributed by atoms with Gasteiger partial charge in [-0.3, -0.25) is 14.6 Å². The van der Waals surface area contributed by atoms with E-state index in [-0.39, 0.29) is 11.8 Å². The molecule has 0 unspecified atom stereocenters. The number of rotatable bonds is 4. The van der Waals surface area contributed by atoms with Gasteiger partial charge in [0.25, 0.3) is 11.8 Å². The summed E-state index contributed by atoms with van der Waals surface area (Å²) in [5.41, 5.74) is 3.88. The minimum atomic E-state index is -0.321. The molecular weight excluding hydrogens is 392 g/mol. The molecule has 31 heavy (non-hydrogen) atoms. The van der Waals surface area contributed by atoms with E-state index in [4.69, 9.17) is 4.98 Å². The minimum Gasteiger partial charge on any atom is -0.341 e. The monoisotopic (exact) mass is 414 g/mol. The molecule has 5 rings (SSSR count). The lowest BCUT2D eigenvalue weighted by molar-refractivity contribution is 0.0816. The molecule has 0 radical (unpaired) electrons. The predicted molar refractivity (Wildman–Crippen MR) is 117 cm³/mol. The summed E-state index contributed by atoms with van der Waals surface area (Å²) in [7, 11) is 1.76. The zero-order valence-corrected chi connectivity index (χ0v) is 17.2. The van der Waals surface area contributed by atoms with Crippen molar-refractivity contribution < 1.29 is 9.59 Å². The zero-order chi connectivity index (χ0) is 21.4. The molecule has 0 atom stereocenters. The van der Waals surface area contributed by atoms with Crippen LogP contribution in [0, 0.1) is 0 Å². The molecule has 0 aliphatic carbocycles. The molecule has 156 valence electrons. The average molecular weight is 414 g/mol. The van der Waals surface area contributed by atoms with Gasteiger partial charge in [0.2, 0.25) is 5.95 Å². The van der Waals surface area contributed by atoms with Crippen LogP contribution in [0.25, 0.3) is 11.3 Å². The number of nitrogens with zero attached hydrogens (tertiary/aromatic N) is 5. The maximum absolute atomic E-state index is 13.2. The standard InChI is InChI=1S/C23H22N6O2/c1-28-14-16-4-5-17(12-18(16)22(28)31)26-21(30)19-13-25-23(29-10-2-3-11-29)27-20(19)15-6-8-24-9-7-15/h4-9,12-13H,2-3,10-11,14H2,1H3,(H,26,30). The third-order valence-corrected chi connectivity index (χ3v) is 5.72. The van der Waals surface area contributed by atoms with Gasteiger partial charge >= 0.3 is 0 Å². The lowest BCUT2D eigenvalue weighted by Crippen LogP contribution is -2.22. The molecule has 0 spiro atoms. The summed E-state index contributed by atoms with van der Waals surface area (Å²) in [6.07, 6.45) is 7.16. The fraction of sp³-hybridized carbons (Fsp3) is 0.261. The minimum absolute atomic E-state index is 0.0399. The largest absolute Gasteiger partial charge is 0.341 e. The smallest absolute Gasteiger partial charge is 0.259 e. The highest BCUT2D eigenvalue weighted by molar-refractivity contribution is 6.08. The van der Waals surface area contributed by atoms with E-state index in [1.165, 1.54) is 0 Å². The van der Waals surface area contributed by atoms with E-state index in [9.17, 15) is 9.59 Å².